The van der Waals surface area contributed by atoms with Gasteiger partial charge in [-0.2, -0.15) is 0 Å². The summed E-state index contributed by atoms with van der Waals surface area (Å²) in [5, 5.41) is 0. The number of sulfone groups is 1. The topological polar surface area (TPSA) is 63.4 Å². The van der Waals surface area contributed by atoms with Gasteiger partial charge in [-0.1, -0.05) is 6.42 Å². The standard InChI is InChI=1S/C11H24N2O2S/c1-10(12)5-3-4-7-13(2)11-6-8-16(14,15)9-11/h10-11H,3-9,12H2,1-2H3. The van der Waals surface area contributed by atoms with Crippen LogP contribution in [0.2, 0.25) is 0 Å². The molecule has 0 aromatic heterocycles. The summed E-state index contributed by atoms with van der Waals surface area (Å²) in [6.45, 7) is 3.00. The zero-order chi connectivity index (χ0) is 12.2. The first-order chi connectivity index (χ1) is 7.41. The van der Waals surface area contributed by atoms with Gasteiger partial charge >= 0.3 is 0 Å². The van der Waals surface area contributed by atoms with E-state index in [-0.39, 0.29) is 12.1 Å². The molecule has 0 saturated carbocycles. The third kappa shape index (κ3) is 4.80. The quantitative estimate of drug-likeness (QED) is 0.700. The average Bonchev–Trinajstić information content (AvgIpc) is 2.53. The largest absolute Gasteiger partial charge is 0.328 e. The Morgan fingerprint density at radius 1 is 1.44 bits per heavy atom. The van der Waals surface area contributed by atoms with Crippen LogP contribution in [0.25, 0.3) is 0 Å². The number of nitrogens with zero attached hydrogens (tertiary/aromatic N) is 1. The van der Waals surface area contributed by atoms with Gasteiger partial charge in [0.1, 0.15) is 0 Å². The van der Waals surface area contributed by atoms with Crippen LogP contribution in [0.4, 0.5) is 0 Å². The number of hydrogen-bond acceptors (Lipinski definition) is 4. The molecule has 1 heterocycles. The lowest BCUT2D eigenvalue weighted by atomic mass is 10.1. The second-order valence-electron chi connectivity index (χ2n) is 5.01. The molecular weight excluding hydrogens is 224 g/mol. The van der Waals surface area contributed by atoms with Crippen molar-refractivity contribution in [3.05, 3.63) is 0 Å². The lowest BCUT2D eigenvalue weighted by Gasteiger charge is -2.22. The van der Waals surface area contributed by atoms with Crippen molar-refractivity contribution in [2.45, 2.75) is 44.7 Å². The Morgan fingerprint density at radius 2 is 2.12 bits per heavy atom. The third-order valence-electron chi connectivity index (χ3n) is 3.25. The molecule has 0 aromatic rings. The number of rotatable bonds is 6. The van der Waals surface area contributed by atoms with Crippen LogP contribution >= 0.6 is 0 Å². The molecular formula is C11H24N2O2S. The summed E-state index contributed by atoms with van der Waals surface area (Å²) < 4.78 is 22.6. The Bertz CT molecular complexity index is 301. The van der Waals surface area contributed by atoms with Gasteiger partial charge in [0.25, 0.3) is 0 Å². The van der Waals surface area contributed by atoms with Crippen molar-refractivity contribution in [3.63, 3.8) is 0 Å². The molecule has 5 heteroatoms. The monoisotopic (exact) mass is 248 g/mol. The van der Waals surface area contributed by atoms with Gasteiger partial charge in [0.15, 0.2) is 9.84 Å². The Kier molecular flexibility index (Phi) is 5.21. The van der Waals surface area contributed by atoms with Crippen LogP contribution in [0.3, 0.4) is 0 Å². The van der Waals surface area contributed by atoms with Crippen molar-refractivity contribution in [1.29, 1.82) is 0 Å². The molecule has 1 rings (SSSR count). The van der Waals surface area contributed by atoms with Gasteiger partial charge in [-0.3, -0.25) is 0 Å². The average molecular weight is 248 g/mol. The Balaban J connectivity index is 2.18. The highest BCUT2D eigenvalue weighted by Crippen LogP contribution is 2.16. The minimum absolute atomic E-state index is 0.236. The first kappa shape index (κ1) is 13.9. The molecule has 16 heavy (non-hydrogen) atoms. The maximum atomic E-state index is 11.3. The van der Waals surface area contributed by atoms with Crippen LogP contribution in [0.5, 0.6) is 0 Å². The third-order valence-corrected chi connectivity index (χ3v) is 5.00. The van der Waals surface area contributed by atoms with E-state index >= 15 is 0 Å². The molecule has 4 nitrogen and oxygen atoms in total. The van der Waals surface area contributed by atoms with Crippen molar-refractivity contribution in [3.8, 4) is 0 Å². The van der Waals surface area contributed by atoms with Gasteiger partial charge in [0.2, 0.25) is 0 Å². The van der Waals surface area contributed by atoms with Gasteiger partial charge in [-0.05, 0) is 39.8 Å². The summed E-state index contributed by atoms with van der Waals surface area (Å²) in [5.41, 5.74) is 5.67. The minimum Gasteiger partial charge on any atom is -0.328 e. The van der Waals surface area contributed by atoms with Crippen LogP contribution in [0, 0.1) is 0 Å². The first-order valence-corrected chi connectivity index (χ1v) is 7.89. The summed E-state index contributed by atoms with van der Waals surface area (Å²) in [7, 11) is -0.721. The Labute approximate surface area is 99.1 Å². The molecule has 2 unspecified atom stereocenters. The molecule has 1 aliphatic rings. The van der Waals surface area contributed by atoms with E-state index in [0.717, 1.165) is 32.2 Å². The second-order valence-corrected chi connectivity index (χ2v) is 7.24. The van der Waals surface area contributed by atoms with Gasteiger partial charge in [0.05, 0.1) is 11.5 Å². The van der Waals surface area contributed by atoms with E-state index in [1.807, 2.05) is 14.0 Å². The van der Waals surface area contributed by atoms with Crippen LogP contribution in [-0.4, -0.2) is 50.5 Å². The lowest BCUT2D eigenvalue weighted by Crippen LogP contribution is -2.33. The number of nitrogens with two attached hydrogens (primary N) is 1. The highest BCUT2D eigenvalue weighted by molar-refractivity contribution is 7.91. The van der Waals surface area contributed by atoms with Crippen molar-refractivity contribution in [2.24, 2.45) is 5.73 Å². The maximum Gasteiger partial charge on any atom is 0.151 e. The number of unbranched alkanes of at least 4 members (excludes halogenated alkanes) is 1. The molecule has 0 amide bonds. The molecule has 2 atom stereocenters. The molecule has 2 N–H and O–H groups in total. The smallest absolute Gasteiger partial charge is 0.151 e. The highest BCUT2D eigenvalue weighted by Gasteiger charge is 2.30. The predicted molar refractivity (Wildman–Crippen MR) is 67.2 cm³/mol. The normalized spacial score (nSPS) is 26.1. The molecule has 0 aromatic carbocycles. The molecule has 0 aliphatic carbocycles. The van der Waals surface area contributed by atoms with E-state index in [1.54, 1.807) is 0 Å². The summed E-state index contributed by atoms with van der Waals surface area (Å²) in [6.07, 6.45) is 4.08. The van der Waals surface area contributed by atoms with Crippen molar-refractivity contribution in [2.75, 3.05) is 25.1 Å². The van der Waals surface area contributed by atoms with Gasteiger partial charge in [-0.25, -0.2) is 8.42 Å². The highest BCUT2D eigenvalue weighted by atomic mass is 32.2. The minimum atomic E-state index is -2.75. The van der Waals surface area contributed by atoms with Crippen molar-refractivity contribution < 1.29 is 8.42 Å². The van der Waals surface area contributed by atoms with Gasteiger partial charge in [0, 0.05) is 12.1 Å². The molecule has 0 bridgehead atoms. The molecule has 0 radical (unpaired) electrons. The van der Waals surface area contributed by atoms with E-state index in [0.29, 0.717) is 11.5 Å². The fourth-order valence-electron chi connectivity index (χ4n) is 2.13. The van der Waals surface area contributed by atoms with E-state index < -0.39 is 9.84 Å². The summed E-state index contributed by atoms with van der Waals surface area (Å²) in [6, 6.07) is 0.512. The predicted octanol–water partition coefficient (Wildman–Crippen LogP) is 0.623. The first-order valence-electron chi connectivity index (χ1n) is 6.07. The fourth-order valence-corrected chi connectivity index (χ4v) is 3.94. The summed E-state index contributed by atoms with van der Waals surface area (Å²) >= 11 is 0. The van der Waals surface area contributed by atoms with Crippen LogP contribution in [0.1, 0.15) is 32.6 Å². The SMILES string of the molecule is CC(N)CCCCN(C)C1CCS(=O)(=O)C1. The van der Waals surface area contributed by atoms with Gasteiger partial charge in [-0.15, -0.1) is 0 Å². The van der Waals surface area contributed by atoms with Crippen LogP contribution in [-0.2, 0) is 9.84 Å². The Hall–Kier alpha value is -0.130. The van der Waals surface area contributed by atoms with Crippen molar-refractivity contribution >= 4 is 9.84 Å². The van der Waals surface area contributed by atoms with Crippen LogP contribution in [0.15, 0.2) is 0 Å². The number of hydrogen-bond donors (Lipinski definition) is 1. The molecule has 1 aliphatic heterocycles. The second kappa shape index (κ2) is 5.98. The zero-order valence-corrected chi connectivity index (χ0v) is 11.2. The maximum absolute atomic E-state index is 11.3. The van der Waals surface area contributed by atoms with E-state index in [9.17, 15) is 8.42 Å². The summed E-state index contributed by atoms with van der Waals surface area (Å²) in [4.78, 5) is 2.19. The lowest BCUT2D eigenvalue weighted by molar-refractivity contribution is 0.255. The van der Waals surface area contributed by atoms with Crippen LogP contribution < -0.4 is 5.73 Å². The fraction of sp³-hybridized carbons (Fsp3) is 1.00. The van der Waals surface area contributed by atoms with Gasteiger partial charge < -0.3 is 10.6 Å². The summed E-state index contributed by atoms with van der Waals surface area (Å²) in [5.74, 6) is 0.707. The van der Waals surface area contributed by atoms with E-state index in [4.69, 9.17) is 5.73 Å². The van der Waals surface area contributed by atoms with Crippen molar-refractivity contribution in [1.82, 2.24) is 4.90 Å². The molecule has 1 saturated heterocycles. The Morgan fingerprint density at radius 3 is 2.62 bits per heavy atom. The molecule has 0 spiro atoms. The molecule has 96 valence electrons. The van der Waals surface area contributed by atoms with E-state index in [1.165, 1.54) is 0 Å². The molecule has 1 fully saturated rings. The zero-order valence-electron chi connectivity index (χ0n) is 10.4. The van der Waals surface area contributed by atoms with E-state index in [2.05, 4.69) is 4.90 Å².